The quantitative estimate of drug-likeness (QED) is 0.638. The molecule has 26 heavy (non-hydrogen) atoms. The first-order valence-electron chi connectivity index (χ1n) is 7.96. The van der Waals surface area contributed by atoms with E-state index >= 15 is 0 Å². The Hall–Kier alpha value is -2.24. The first-order valence-corrected chi connectivity index (χ1v) is 8.72. The van der Waals surface area contributed by atoms with Crippen molar-refractivity contribution in [2.24, 2.45) is 0 Å². The summed E-state index contributed by atoms with van der Waals surface area (Å²) < 4.78 is 5.68. The third kappa shape index (κ3) is 4.29. The topological polar surface area (TPSA) is 83.8 Å². The number of Topliss-reactive ketones (excluding diaryl/α,β-unsaturated/α-hetero) is 1. The Morgan fingerprint density at radius 1 is 1.15 bits per heavy atom. The van der Waals surface area contributed by atoms with Crippen LogP contribution in [0.1, 0.15) is 47.9 Å². The average molecular weight is 397 g/mol. The fourth-order valence-electron chi connectivity index (χ4n) is 2.57. The molecule has 0 aliphatic carbocycles. The van der Waals surface area contributed by atoms with Gasteiger partial charge in [-0.1, -0.05) is 42.6 Å². The lowest BCUT2D eigenvalue weighted by molar-refractivity contribution is -0.145. The lowest BCUT2D eigenvalue weighted by atomic mass is 10.0. The minimum Gasteiger partial charge on any atom is -0.507 e. The highest BCUT2D eigenvalue weighted by molar-refractivity contribution is 6.42. The van der Waals surface area contributed by atoms with Crippen molar-refractivity contribution in [3.8, 4) is 11.5 Å². The van der Waals surface area contributed by atoms with Crippen molar-refractivity contribution >= 4 is 35.0 Å². The molecule has 2 rings (SSSR count). The van der Waals surface area contributed by atoms with Gasteiger partial charge in [-0.25, -0.2) is 4.79 Å². The number of carboxylic acid groups (broad SMARTS) is 1. The fourth-order valence-corrected chi connectivity index (χ4v) is 2.87. The van der Waals surface area contributed by atoms with Crippen molar-refractivity contribution in [3.05, 3.63) is 57.1 Å². The number of carbonyl (C=O) groups is 2. The summed E-state index contributed by atoms with van der Waals surface area (Å²) in [6, 6.07) is 7.33. The maximum Gasteiger partial charge on any atom is 0.349 e. The Kier molecular flexibility index (Phi) is 6.51. The second-order valence-electron chi connectivity index (χ2n) is 5.75. The lowest BCUT2D eigenvalue weighted by Gasteiger charge is -2.20. The summed E-state index contributed by atoms with van der Waals surface area (Å²) >= 11 is 11.8. The Morgan fingerprint density at radius 3 is 2.38 bits per heavy atom. The van der Waals surface area contributed by atoms with Crippen LogP contribution in [-0.2, 0) is 11.2 Å². The SMILES string of the molecule is CCCc1c(OC(C(=O)O)c2ccc(Cl)c(Cl)c2)ccc(C(C)=O)c1O. The molecule has 0 heterocycles. The predicted octanol–water partition coefficient (Wildman–Crippen LogP) is 5.06. The molecule has 2 N–H and O–H groups in total. The summed E-state index contributed by atoms with van der Waals surface area (Å²) in [5, 5.41) is 20.5. The number of halogens is 2. The van der Waals surface area contributed by atoms with Crippen LogP contribution in [0.15, 0.2) is 30.3 Å². The minimum absolute atomic E-state index is 0.169. The zero-order valence-electron chi connectivity index (χ0n) is 14.3. The van der Waals surface area contributed by atoms with Crippen LogP contribution >= 0.6 is 23.2 Å². The lowest BCUT2D eigenvalue weighted by Crippen LogP contribution is -2.19. The van der Waals surface area contributed by atoms with Gasteiger partial charge >= 0.3 is 5.97 Å². The van der Waals surface area contributed by atoms with Crippen molar-refractivity contribution in [1.29, 1.82) is 0 Å². The van der Waals surface area contributed by atoms with E-state index in [-0.39, 0.29) is 27.9 Å². The fraction of sp³-hybridized carbons (Fsp3) is 0.263. The van der Waals surface area contributed by atoms with E-state index in [1.165, 1.54) is 37.3 Å². The molecule has 0 aliphatic rings. The highest BCUT2D eigenvalue weighted by Gasteiger charge is 2.25. The van der Waals surface area contributed by atoms with Crippen LogP contribution in [0.5, 0.6) is 11.5 Å². The Balaban J connectivity index is 2.48. The average Bonchev–Trinajstić information content (AvgIpc) is 2.57. The molecule has 138 valence electrons. The molecular weight excluding hydrogens is 379 g/mol. The summed E-state index contributed by atoms with van der Waals surface area (Å²) in [5.41, 5.74) is 0.873. The number of hydrogen-bond donors (Lipinski definition) is 2. The van der Waals surface area contributed by atoms with Crippen molar-refractivity contribution in [2.45, 2.75) is 32.8 Å². The van der Waals surface area contributed by atoms with E-state index < -0.39 is 12.1 Å². The first-order chi connectivity index (χ1) is 12.3. The molecule has 0 aliphatic heterocycles. The molecule has 2 aromatic carbocycles. The van der Waals surface area contributed by atoms with Gasteiger partial charge < -0.3 is 14.9 Å². The highest BCUT2D eigenvalue weighted by atomic mass is 35.5. The van der Waals surface area contributed by atoms with E-state index in [9.17, 15) is 19.8 Å². The highest BCUT2D eigenvalue weighted by Crippen LogP contribution is 2.36. The molecule has 0 bridgehead atoms. The molecule has 0 radical (unpaired) electrons. The van der Waals surface area contributed by atoms with Gasteiger partial charge in [-0.15, -0.1) is 0 Å². The number of aromatic hydroxyl groups is 1. The molecule has 0 aromatic heterocycles. The van der Waals surface area contributed by atoms with Gasteiger partial charge in [0, 0.05) is 11.1 Å². The molecule has 0 saturated heterocycles. The van der Waals surface area contributed by atoms with Gasteiger partial charge in [0.05, 0.1) is 15.6 Å². The van der Waals surface area contributed by atoms with Gasteiger partial charge in [0.15, 0.2) is 5.78 Å². The molecule has 0 fully saturated rings. The van der Waals surface area contributed by atoms with Crippen LogP contribution in [0.25, 0.3) is 0 Å². The van der Waals surface area contributed by atoms with Crippen LogP contribution in [0.4, 0.5) is 0 Å². The number of carboxylic acids is 1. The largest absolute Gasteiger partial charge is 0.507 e. The number of aliphatic carboxylic acids is 1. The van der Waals surface area contributed by atoms with Crippen molar-refractivity contribution in [2.75, 3.05) is 0 Å². The summed E-state index contributed by atoms with van der Waals surface area (Å²) in [5.74, 6) is -1.49. The summed E-state index contributed by atoms with van der Waals surface area (Å²) in [6.07, 6.45) is -0.242. The monoisotopic (exact) mass is 396 g/mol. The van der Waals surface area contributed by atoms with Crippen LogP contribution in [0, 0.1) is 0 Å². The second-order valence-corrected chi connectivity index (χ2v) is 6.57. The van der Waals surface area contributed by atoms with Crippen molar-refractivity contribution in [3.63, 3.8) is 0 Å². The molecular formula is C19H18Cl2O5. The second kappa shape index (κ2) is 8.43. The van der Waals surface area contributed by atoms with Gasteiger partial charge in [0.25, 0.3) is 0 Å². The summed E-state index contributed by atoms with van der Waals surface area (Å²) in [6.45, 7) is 3.25. The number of phenolic OH excluding ortho intramolecular Hbond substituents is 1. The number of benzene rings is 2. The van der Waals surface area contributed by atoms with E-state index in [4.69, 9.17) is 27.9 Å². The Morgan fingerprint density at radius 2 is 1.85 bits per heavy atom. The molecule has 1 atom stereocenters. The standard InChI is InChI=1S/C19H18Cl2O5/c1-3-4-13-16(8-6-12(10(2)22)17(13)23)26-18(19(24)25)11-5-7-14(20)15(21)9-11/h5-9,18,23H,3-4H2,1-2H3,(H,24,25). The Bertz CT molecular complexity index is 848. The number of rotatable bonds is 7. The van der Waals surface area contributed by atoms with Crippen LogP contribution in [0.2, 0.25) is 10.0 Å². The molecule has 0 saturated carbocycles. The smallest absolute Gasteiger partial charge is 0.349 e. The van der Waals surface area contributed by atoms with Gasteiger partial charge in [-0.05, 0) is 37.6 Å². The maximum atomic E-state index is 11.7. The zero-order chi connectivity index (χ0) is 19.4. The Labute approximate surface area is 161 Å². The van der Waals surface area contributed by atoms with E-state index in [0.717, 1.165) is 0 Å². The van der Waals surface area contributed by atoms with Crippen molar-refractivity contribution in [1.82, 2.24) is 0 Å². The summed E-state index contributed by atoms with van der Waals surface area (Å²) in [7, 11) is 0. The number of phenols is 1. The van der Waals surface area contributed by atoms with Crippen LogP contribution in [0.3, 0.4) is 0 Å². The molecule has 2 aromatic rings. The van der Waals surface area contributed by atoms with Gasteiger partial charge in [-0.2, -0.15) is 0 Å². The van der Waals surface area contributed by atoms with E-state index in [1.54, 1.807) is 0 Å². The van der Waals surface area contributed by atoms with Gasteiger partial charge in [0.2, 0.25) is 6.10 Å². The third-order valence-electron chi connectivity index (χ3n) is 3.83. The van der Waals surface area contributed by atoms with E-state index in [0.29, 0.717) is 29.0 Å². The van der Waals surface area contributed by atoms with E-state index in [2.05, 4.69) is 0 Å². The number of carbonyl (C=O) groups excluding carboxylic acids is 1. The normalized spacial score (nSPS) is 11.8. The maximum absolute atomic E-state index is 11.7. The van der Waals surface area contributed by atoms with Gasteiger partial charge in [-0.3, -0.25) is 4.79 Å². The third-order valence-corrected chi connectivity index (χ3v) is 4.57. The molecule has 7 heteroatoms. The molecule has 1 unspecified atom stereocenters. The zero-order valence-corrected chi connectivity index (χ0v) is 15.8. The summed E-state index contributed by atoms with van der Waals surface area (Å²) in [4.78, 5) is 23.3. The molecule has 5 nitrogen and oxygen atoms in total. The number of ketones is 1. The number of hydrogen-bond acceptors (Lipinski definition) is 4. The van der Waals surface area contributed by atoms with E-state index in [1.807, 2.05) is 6.92 Å². The minimum atomic E-state index is -1.34. The van der Waals surface area contributed by atoms with Crippen LogP contribution < -0.4 is 4.74 Å². The predicted molar refractivity (Wildman–Crippen MR) is 99.6 cm³/mol. The first kappa shape index (κ1) is 20.1. The van der Waals surface area contributed by atoms with Crippen LogP contribution in [-0.4, -0.2) is 22.0 Å². The van der Waals surface area contributed by atoms with Gasteiger partial charge in [0.1, 0.15) is 11.5 Å². The number of ether oxygens (including phenoxy) is 1. The molecule has 0 spiro atoms. The molecule has 0 amide bonds. The van der Waals surface area contributed by atoms with Crippen molar-refractivity contribution < 1.29 is 24.5 Å².